The van der Waals surface area contributed by atoms with Gasteiger partial charge < -0.3 is 9.84 Å². The van der Waals surface area contributed by atoms with Crippen molar-refractivity contribution in [1.82, 2.24) is 0 Å². The predicted octanol–water partition coefficient (Wildman–Crippen LogP) is 6.28. The number of aliphatic carboxylic acids is 1. The van der Waals surface area contributed by atoms with Crippen molar-refractivity contribution < 1.29 is 19.4 Å². The third-order valence-corrected chi connectivity index (χ3v) is 6.38. The zero-order valence-corrected chi connectivity index (χ0v) is 19.7. The minimum Gasteiger partial charge on any atom is -0.478 e. The smallest absolute Gasteiger partial charge is 0.347 e. The number of thioether (sulfide) groups is 1. The fourth-order valence-electron chi connectivity index (χ4n) is 3.67. The molecule has 0 aliphatic carbocycles. The highest BCUT2D eigenvalue weighted by Gasteiger charge is 2.31. The molecule has 0 aliphatic heterocycles. The molecule has 0 heterocycles. The van der Waals surface area contributed by atoms with Crippen molar-refractivity contribution in [1.29, 1.82) is 0 Å². The summed E-state index contributed by atoms with van der Waals surface area (Å²) in [5.41, 5.74) is 2.23. The van der Waals surface area contributed by atoms with Crippen molar-refractivity contribution in [2.75, 3.05) is 6.26 Å². The molecule has 2 atom stereocenters. The van der Waals surface area contributed by atoms with Gasteiger partial charge in [0.05, 0.1) is 0 Å². The van der Waals surface area contributed by atoms with E-state index < -0.39 is 11.6 Å². The highest BCUT2D eigenvalue weighted by molar-refractivity contribution is 7.98. The average molecular weight is 429 g/mol. The van der Waals surface area contributed by atoms with E-state index in [1.165, 1.54) is 0 Å². The van der Waals surface area contributed by atoms with Gasteiger partial charge in [-0.3, -0.25) is 4.79 Å². The molecule has 1 N–H and O–H groups in total. The SMILES string of the molecule is CC[C@H](C(=O)c1ccc(SC)cc1)[C@H](C)c1cc(C)c(OC(C)(C)C(=O)O)c(C)c1. The maximum absolute atomic E-state index is 13.2. The van der Waals surface area contributed by atoms with Gasteiger partial charge >= 0.3 is 5.97 Å². The number of Topliss-reactive ketones (excluding diaryl/α,β-unsaturated/α-hetero) is 1. The van der Waals surface area contributed by atoms with Gasteiger partial charge in [-0.15, -0.1) is 11.8 Å². The van der Waals surface area contributed by atoms with Gasteiger partial charge in [-0.25, -0.2) is 4.79 Å². The Kier molecular flexibility index (Phi) is 7.75. The highest BCUT2D eigenvalue weighted by atomic mass is 32.2. The number of carboxylic acids is 1. The minimum atomic E-state index is -1.31. The summed E-state index contributed by atoms with van der Waals surface area (Å²) in [6, 6.07) is 11.8. The van der Waals surface area contributed by atoms with Gasteiger partial charge in [0.1, 0.15) is 5.75 Å². The molecule has 2 aromatic rings. The summed E-state index contributed by atoms with van der Waals surface area (Å²) in [7, 11) is 0. The van der Waals surface area contributed by atoms with E-state index in [4.69, 9.17) is 4.74 Å². The molecule has 30 heavy (non-hydrogen) atoms. The second-order valence-corrected chi connectivity index (χ2v) is 9.18. The molecule has 0 bridgehead atoms. The number of ether oxygens (including phenoxy) is 1. The third kappa shape index (κ3) is 5.25. The first-order chi connectivity index (χ1) is 14.0. The van der Waals surface area contributed by atoms with E-state index in [1.807, 2.05) is 63.4 Å². The Hall–Kier alpha value is -2.27. The highest BCUT2D eigenvalue weighted by Crippen LogP contribution is 2.35. The first kappa shape index (κ1) is 24.0. The molecule has 0 spiro atoms. The summed E-state index contributed by atoms with van der Waals surface area (Å²) in [4.78, 5) is 25.8. The summed E-state index contributed by atoms with van der Waals surface area (Å²) in [6.07, 6.45) is 2.76. The minimum absolute atomic E-state index is 0.0293. The normalized spacial score (nSPS) is 13.6. The van der Waals surface area contributed by atoms with Gasteiger partial charge in [0.2, 0.25) is 0 Å². The van der Waals surface area contributed by atoms with E-state index in [-0.39, 0.29) is 17.6 Å². The number of aryl methyl sites for hydroxylation is 2. The van der Waals surface area contributed by atoms with E-state index in [1.54, 1.807) is 25.6 Å². The number of hydrogen-bond acceptors (Lipinski definition) is 4. The van der Waals surface area contributed by atoms with Crippen LogP contribution in [0.3, 0.4) is 0 Å². The van der Waals surface area contributed by atoms with E-state index in [0.717, 1.165) is 33.6 Å². The number of ketones is 1. The molecule has 0 saturated heterocycles. The molecule has 162 valence electrons. The van der Waals surface area contributed by atoms with Gasteiger partial charge in [-0.05, 0) is 75.1 Å². The molecule has 2 rings (SSSR count). The molecule has 0 saturated carbocycles. The maximum atomic E-state index is 13.2. The van der Waals surface area contributed by atoms with Crippen LogP contribution in [0.1, 0.15) is 67.1 Å². The fourth-order valence-corrected chi connectivity index (χ4v) is 4.08. The predicted molar refractivity (Wildman–Crippen MR) is 123 cm³/mol. The van der Waals surface area contributed by atoms with Crippen molar-refractivity contribution in [2.24, 2.45) is 5.92 Å². The number of carboxylic acid groups (broad SMARTS) is 1. The molecular weight excluding hydrogens is 396 g/mol. The summed E-state index contributed by atoms with van der Waals surface area (Å²) in [6.45, 7) is 11.0. The van der Waals surface area contributed by atoms with Crippen molar-refractivity contribution in [3.63, 3.8) is 0 Å². The monoisotopic (exact) mass is 428 g/mol. The standard InChI is InChI=1S/C25H32O4S/c1-8-21(22(26)18-9-11-20(30-7)12-10-18)17(4)19-13-15(2)23(16(3)14-19)29-25(5,6)24(27)28/h9-14,17,21H,8H2,1-7H3,(H,27,28)/t17-,21+/m1/s1. The van der Waals surface area contributed by atoms with Crippen LogP contribution >= 0.6 is 11.8 Å². The Labute approximate surface area is 184 Å². The molecule has 0 aromatic heterocycles. The number of benzene rings is 2. The molecule has 2 aromatic carbocycles. The van der Waals surface area contributed by atoms with E-state index in [2.05, 4.69) is 6.92 Å². The number of carbonyl (C=O) groups excluding carboxylic acids is 1. The Morgan fingerprint density at radius 2 is 1.63 bits per heavy atom. The van der Waals surface area contributed by atoms with Crippen molar-refractivity contribution in [3.05, 3.63) is 58.7 Å². The van der Waals surface area contributed by atoms with Crippen LogP contribution in [0.25, 0.3) is 0 Å². The third-order valence-electron chi connectivity index (χ3n) is 5.64. The topological polar surface area (TPSA) is 63.6 Å². The lowest BCUT2D eigenvalue weighted by Gasteiger charge is -2.27. The van der Waals surface area contributed by atoms with E-state index in [0.29, 0.717) is 5.75 Å². The lowest BCUT2D eigenvalue weighted by molar-refractivity contribution is -0.152. The Morgan fingerprint density at radius 3 is 2.07 bits per heavy atom. The molecule has 0 aliphatic rings. The molecule has 0 unspecified atom stereocenters. The quantitative estimate of drug-likeness (QED) is 0.376. The molecular formula is C25H32O4S. The molecule has 0 radical (unpaired) electrons. The van der Waals surface area contributed by atoms with E-state index >= 15 is 0 Å². The Balaban J connectivity index is 2.32. The maximum Gasteiger partial charge on any atom is 0.347 e. The summed E-state index contributed by atoms with van der Waals surface area (Å²) < 4.78 is 5.82. The van der Waals surface area contributed by atoms with Gasteiger partial charge in [-0.1, -0.05) is 38.1 Å². The lowest BCUT2D eigenvalue weighted by atomic mass is 9.80. The number of carbonyl (C=O) groups is 2. The van der Waals surface area contributed by atoms with Crippen LogP contribution in [0.4, 0.5) is 0 Å². The Morgan fingerprint density at radius 1 is 1.10 bits per heavy atom. The van der Waals surface area contributed by atoms with Gasteiger partial charge in [0.15, 0.2) is 11.4 Å². The second-order valence-electron chi connectivity index (χ2n) is 8.30. The lowest BCUT2D eigenvalue weighted by Crippen LogP contribution is -2.38. The number of rotatable bonds is 9. The first-order valence-electron chi connectivity index (χ1n) is 10.2. The van der Waals surface area contributed by atoms with Gasteiger partial charge in [0.25, 0.3) is 0 Å². The molecule has 0 fully saturated rings. The molecule has 0 amide bonds. The zero-order valence-electron chi connectivity index (χ0n) is 18.9. The van der Waals surface area contributed by atoms with Crippen LogP contribution in [0.5, 0.6) is 5.75 Å². The van der Waals surface area contributed by atoms with Crippen LogP contribution in [0, 0.1) is 19.8 Å². The first-order valence-corrected chi connectivity index (χ1v) is 11.5. The van der Waals surface area contributed by atoms with Crippen LogP contribution < -0.4 is 4.74 Å². The van der Waals surface area contributed by atoms with Crippen molar-refractivity contribution in [2.45, 2.75) is 64.4 Å². The van der Waals surface area contributed by atoms with Crippen LogP contribution in [-0.2, 0) is 4.79 Å². The van der Waals surface area contributed by atoms with Crippen molar-refractivity contribution >= 4 is 23.5 Å². The summed E-state index contributed by atoms with van der Waals surface area (Å²) in [5.74, 6) is -0.374. The molecule has 5 heteroatoms. The fraction of sp³-hybridized carbons (Fsp3) is 0.440. The van der Waals surface area contributed by atoms with Gasteiger partial charge in [-0.2, -0.15) is 0 Å². The average Bonchev–Trinajstić information content (AvgIpc) is 2.70. The van der Waals surface area contributed by atoms with Crippen LogP contribution in [0.15, 0.2) is 41.3 Å². The van der Waals surface area contributed by atoms with Crippen molar-refractivity contribution in [3.8, 4) is 5.75 Å². The summed E-state index contributed by atoms with van der Waals surface area (Å²) >= 11 is 1.66. The zero-order chi connectivity index (χ0) is 22.6. The second kappa shape index (κ2) is 9.69. The van der Waals surface area contributed by atoms with Crippen LogP contribution in [-0.4, -0.2) is 28.7 Å². The largest absolute Gasteiger partial charge is 0.478 e. The van der Waals surface area contributed by atoms with Gasteiger partial charge in [0, 0.05) is 16.4 Å². The van der Waals surface area contributed by atoms with E-state index in [9.17, 15) is 14.7 Å². The summed E-state index contributed by atoms with van der Waals surface area (Å²) in [5, 5.41) is 9.37. The van der Waals surface area contributed by atoms with Crippen LogP contribution in [0.2, 0.25) is 0 Å². The Bertz CT molecular complexity index is 892. The molecule has 4 nitrogen and oxygen atoms in total. The number of hydrogen-bond donors (Lipinski definition) is 1.